The van der Waals surface area contributed by atoms with Gasteiger partial charge in [-0.15, -0.1) is 0 Å². The fourth-order valence-electron chi connectivity index (χ4n) is 2.41. The van der Waals surface area contributed by atoms with Crippen LogP contribution in [0.5, 0.6) is 11.5 Å². The van der Waals surface area contributed by atoms with Crippen LogP contribution in [-0.4, -0.2) is 10.2 Å². The monoisotopic (exact) mass is 275 g/mol. The number of aryl methyl sites for hydroxylation is 1. The van der Waals surface area contributed by atoms with Crippen LogP contribution in [-0.2, 0) is 6.42 Å². The highest BCUT2D eigenvalue weighted by atomic mass is 16.3. The van der Waals surface area contributed by atoms with Crippen LogP contribution < -0.4 is 0 Å². The van der Waals surface area contributed by atoms with E-state index in [-0.39, 0.29) is 11.5 Å². The Labute approximate surface area is 119 Å². The van der Waals surface area contributed by atoms with Crippen molar-refractivity contribution in [3.05, 3.63) is 29.7 Å². The first-order valence-corrected chi connectivity index (χ1v) is 7.39. The summed E-state index contributed by atoms with van der Waals surface area (Å²) < 4.78 is 5.58. The Morgan fingerprint density at radius 2 is 1.80 bits per heavy atom. The lowest BCUT2D eigenvalue weighted by Crippen LogP contribution is -1.88. The number of benzene rings is 1. The highest BCUT2D eigenvalue weighted by Gasteiger charge is 2.15. The molecule has 0 aliphatic rings. The molecule has 1 aromatic heterocycles. The summed E-state index contributed by atoms with van der Waals surface area (Å²) in [5, 5.41) is 21.2. The molecule has 20 heavy (non-hydrogen) atoms. The average Bonchev–Trinajstić information content (AvgIpc) is 2.44. The van der Waals surface area contributed by atoms with Gasteiger partial charge in [-0.3, -0.25) is 0 Å². The Morgan fingerprint density at radius 1 is 1.05 bits per heavy atom. The van der Waals surface area contributed by atoms with E-state index in [2.05, 4.69) is 6.92 Å². The second-order valence-corrected chi connectivity index (χ2v) is 5.38. The topological polar surface area (TPSA) is 51.8 Å². The molecule has 0 radical (unpaired) electrons. The van der Waals surface area contributed by atoms with Gasteiger partial charge in [0.2, 0.25) is 0 Å². The van der Waals surface area contributed by atoms with Gasteiger partial charge in [-0.2, -0.15) is 0 Å². The highest BCUT2D eigenvalue weighted by Crippen LogP contribution is 2.35. The first-order chi connectivity index (χ1) is 9.63. The maximum absolute atomic E-state index is 9.98. The van der Waals surface area contributed by atoms with Crippen molar-refractivity contribution in [2.45, 2.75) is 52.4 Å². The van der Waals surface area contributed by atoms with E-state index in [4.69, 9.17) is 4.42 Å². The standard InChI is InChI=1S/C17H22O3/c1-3-4-5-6-7-8-14-9-13-10-16(18)12(2)17(19)15(13)11-20-14/h9-11H,3-8H2,1-2H3,(H-,18,19)/p+1. The molecule has 0 saturated carbocycles. The normalized spacial score (nSPS) is 11.1. The van der Waals surface area contributed by atoms with Crippen LogP contribution >= 0.6 is 0 Å². The minimum absolute atomic E-state index is 0.0956. The summed E-state index contributed by atoms with van der Waals surface area (Å²) in [6.07, 6.45) is 8.61. The number of hydrogen-bond acceptors (Lipinski definition) is 2. The fraction of sp³-hybridized carbons (Fsp3) is 0.471. The molecule has 1 aromatic carbocycles. The number of rotatable bonds is 6. The molecule has 3 heteroatoms. The van der Waals surface area contributed by atoms with Crippen LogP contribution in [0.15, 0.2) is 22.8 Å². The first-order valence-electron chi connectivity index (χ1n) is 7.39. The van der Waals surface area contributed by atoms with Gasteiger partial charge in [0.05, 0.1) is 6.42 Å². The maximum Gasteiger partial charge on any atom is 0.329 e. The maximum atomic E-state index is 9.98. The Hall–Kier alpha value is -1.77. The molecule has 3 nitrogen and oxygen atoms in total. The summed E-state index contributed by atoms with van der Waals surface area (Å²) in [6, 6.07) is 3.59. The average molecular weight is 275 g/mol. The van der Waals surface area contributed by atoms with Crippen LogP contribution in [0.4, 0.5) is 0 Å². The SMILES string of the molecule is CCCCCCCc1cc2cc(O)c(C)c(O)c2c[o+]1. The lowest BCUT2D eigenvalue weighted by molar-refractivity contribution is 0.444. The minimum Gasteiger partial charge on any atom is -0.508 e. The smallest absolute Gasteiger partial charge is 0.329 e. The van der Waals surface area contributed by atoms with E-state index in [1.165, 1.54) is 25.7 Å². The predicted octanol–water partition coefficient (Wildman–Crippen LogP) is 4.95. The molecular weight excluding hydrogens is 252 g/mol. The number of unbranched alkanes of at least 4 members (excludes halogenated alkanes) is 4. The molecule has 108 valence electrons. The van der Waals surface area contributed by atoms with Crippen LogP contribution in [0.3, 0.4) is 0 Å². The van der Waals surface area contributed by atoms with Gasteiger partial charge in [0.25, 0.3) is 0 Å². The summed E-state index contributed by atoms with van der Waals surface area (Å²) in [5.74, 6) is 1.12. The molecule has 1 heterocycles. The van der Waals surface area contributed by atoms with Gasteiger partial charge in [0, 0.05) is 17.0 Å². The van der Waals surface area contributed by atoms with Crippen molar-refractivity contribution >= 4 is 10.8 Å². The number of aromatic hydroxyl groups is 2. The summed E-state index contributed by atoms with van der Waals surface area (Å²) >= 11 is 0. The number of fused-ring (bicyclic) bond motifs is 1. The van der Waals surface area contributed by atoms with E-state index in [0.717, 1.165) is 24.0 Å². The van der Waals surface area contributed by atoms with Crippen molar-refractivity contribution in [1.29, 1.82) is 0 Å². The molecule has 2 N–H and O–H groups in total. The van der Waals surface area contributed by atoms with E-state index >= 15 is 0 Å². The molecule has 0 fully saturated rings. The lowest BCUT2D eigenvalue weighted by Gasteiger charge is -2.04. The Bertz CT molecular complexity index is 590. The third-order valence-electron chi connectivity index (χ3n) is 3.77. The van der Waals surface area contributed by atoms with Crippen molar-refractivity contribution < 1.29 is 14.6 Å². The first kappa shape index (κ1) is 14.6. The van der Waals surface area contributed by atoms with Gasteiger partial charge in [0.1, 0.15) is 16.9 Å². The third kappa shape index (κ3) is 3.21. The van der Waals surface area contributed by atoms with E-state index in [1.54, 1.807) is 19.3 Å². The molecule has 0 atom stereocenters. The van der Waals surface area contributed by atoms with Gasteiger partial charge in [-0.1, -0.05) is 32.6 Å². The third-order valence-corrected chi connectivity index (χ3v) is 3.77. The Morgan fingerprint density at radius 3 is 2.55 bits per heavy atom. The van der Waals surface area contributed by atoms with Crippen LogP contribution in [0, 0.1) is 6.92 Å². The molecule has 0 aliphatic heterocycles. The van der Waals surface area contributed by atoms with E-state index < -0.39 is 0 Å². The predicted molar refractivity (Wildman–Crippen MR) is 81.2 cm³/mol. The Balaban J connectivity index is 2.11. The quantitative estimate of drug-likeness (QED) is 0.579. The van der Waals surface area contributed by atoms with Crippen molar-refractivity contribution in [1.82, 2.24) is 0 Å². The molecule has 0 unspecified atom stereocenters. The van der Waals surface area contributed by atoms with Crippen LogP contribution in [0.25, 0.3) is 10.8 Å². The van der Waals surface area contributed by atoms with E-state index in [9.17, 15) is 10.2 Å². The summed E-state index contributed by atoms with van der Waals surface area (Å²) in [6.45, 7) is 3.89. The molecule has 0 spiro atoms. The van der Waals surface area contributed by atoms with E-state index in [1.807, 2.05) is 6.07 Å². The number of hydrogen-bond donors (Lipinski definition) is 2. The minimum atomic E-state index is 0.0956. The second-order valence-electron chi connectivity index (χ2n) is 5.38. The van der Waals surface area contributed by atoms with Gasteiger partial charge >= 0.3 is 12.0 Å². The zero-order valence-electron chi connectivity index (χ0n) is 12.3. The van der Waals surface area contributed by atoms with Crippen molar-refractivity contribution in [2.75, 3.05) is 0 Å². The van der Waals surface area contributed by atoms with Crippen molar-refractivity contribution in [3.63, 3.8) is 0 Å². The number of phenolic OH excluding ortho intramolecular Hbond substituents is 2. The fourth-order valence-corrected chi connectivity index (χ4v) is 2.41. The molecule has 0 aliphatic carbocycles. The van der Waals surface area contributed by atoms with Gasteiger partial charge < -0.3 is 10.2 Å². The van der Waals surface area contributed by atoms with Gasteiger partial charge in [-0.25, -0.2) is 4.42 Å². The summed E-state index contributed by atoms with van der Waals surface area (Å²) in [7, 11) is 0. The molecule has 2 aromatic rings. The van der Waals surface area contributed by atoms with E-state index in [0.29, 0.717) is 10.9 Å². The summed E-state index contributed by atoms with van der Waals surface area (Å²) in [4.78, 5) is 0. The zero-order valence-corrected chi connectivity index (χ0v) is 12.3. The molecule has 0 saturated heterocycles. The van der Waals surface area contributed by atoms with Crippen LogP contribution in [0.1, 0.15) is 50.4 Å². The summed E-state index contributed by atoms with van der Waals surface area (Å²) in [5.41, 5.74) is 0.486. The molecule has 0 bridgehead atoms. The number of phenols is 2. The van der Waals surface area contributed by atoms with Crippen LogP contribution in [0.2, 0.25) is 0 Å². The molecule has 2 rings (SSSR count). The molecular formula is C17H23O3+. The second kappa shape index (κ2) is 6.60. The van der Waals surface area contributed by atoms with Crippen molar-refractivity contribution in [2.24, 2.45) is 0 Å². The Kier molecular flexibility index (Phi) is 4.83. The van der Waals surface area contributed by atoms with Crippen molar-refractivity contribution in [3.8, 4) is 11.5 Å². The van der Waals surface area contributed by atoms with Gasteiger partial charge in [0.15, 0.2) is 0 Å². The van der Waals surface area contributed by atoms with Gasteiger partial charge in [-0.05, 0) is 19.4 Å². The lowest BCUT2D eigenvalue weighted by atomic mass is 10.1. The zero-order chi connectivity index (χ0) is 14.5. The largest absolute Gasteiger partial charge is 0.508 e. The highest BCUT2D eigenvalue weighted by molar-refractivity contribution is 5.90. The molecule has 0 amide bonds.